The number of hydrogen-bond donors (Lipinski definition) is 4. The van der Waals surface area contributed by atoms with E-state index in [0.717, 1.165) is 26.1 Å². The maximum atomic E-state index is 10.6. The zero-order chi connectivity index (χ0) is 13.4. The molecule has 1 aliphatic heterocycles. The minimum atomic E-state index is -0.525. The number of ether oxygens (including phenoxy) is 1. The van der Waals surface area contributed by atoms with Crippen molar-refractivity contribution in [2.45, 2.75) is 12.5 Å². The third-order valence-corrected chi connectivity index (χ3v) is 3.25. The molecule has 2 amide bonds. The Balaban J connectivity index is 0.00000324. The predicted octanol–water partition coefficient (Wildman–Crippen LogP) is -4.75. The largest absolute Gasteiger partial charge is 1.00 e. The number of halogens is 1. The molecule has 7 nitrogen and oxygen atoms in total. The van der Waals surface area contributed by atoms with Gasteiger partial charge in [0.15, 0.2) is 0 Å². The van der Waals surface area contributed by atoms with E-state index in [4.69, 9.17) is 10.5 Å². The summed E-state index contributed by atoms with van der Waals surface area (Å²) in [6.07, 6.45) is 1.00. The van der Waals surface area contributed by atoms with Crippen molar-refractivity contribution in [1.29, 1.82) is 0 Å². The molecule has 0 aromatic carbocycles. The molecule has 0 aliphatic carbocycles. The summed E-state index contributed by atoms with van der Waals surface area (Å²) >= 11 is 0. The fraction of sp³-hybridized carbons (Fsp3) is 0.909. The molecule has 0 saturated carbocycles. The van der Waals surface area contributed by atoms with Gasteiger partial charge >= 0.3 is 6.03 Å². The molecule has 1 rings (SSSR count). The molecule has 19 heavy (non-hydrogen) atoms. The Morgan fingerprint density at radius 2 is 1.89 bits per heavy atom. The Labute approximate surface area is 119 Å². The summed E-state index contributed by atoms with van der Waals surface area (Å²) in [5.41, 5.74) is 5.00. The molecule has 1 aliphatic rings. The van der Waals surface area contributed by atoms with Crippen LogP contribution in [0, 0.1) is 0 Å². The highest BCUT2D eigenvalue weighted by molar-refractivity contribution is 5.71. The van der Waals surface area contributed by atoms with Crippen LogP contribution in [0.5, 0.6) is 0 Å². The summed E-state index contributed by atoms with van der Waals surface area (Å²) in [4.78, 5) is 10.6. The number of nitrogens with two attached hydrogens (primary N) is 1. The van der Waals surface area contributed by atoms with Gasteiger partial charge in [0.05, 0.1) is 26.4 Å². The molecule has 1 saturated heterocycles. The van der Waals surface area contributed by atoms with Crippen LogP contribution in [0.15, 0.2) is 0 Å². The topological polar surface area (TPSA) is 108 Å². The molecule has 0 aromatic heterocycles. The number of nitrogens with zero attached hydrogens (tertiary/aromatic N) is 1. The number of carbonyl (C=O) groups excluding carboxylic acids is 1. The molecule has 8 heteroatoms. The Bertz CT molecular complexity index is 258. The standard InChI is InChI=1S/C11H23N3O4.ClH/c12-11(17)13-2-1-3-14(4-6-15,5-7-16)8-10-9-18-10;/h10,15-16H,1-9H2,(H2-,12,13,17);1H. The van der Waals surface area contributed by atoms with E-state index in [0.29, 0.717) is 24.1 Å². The third-order valence-electron chi connectivity index (χ3n) is 3.25. The molecule has 0 radical (unpaired) electrons. The summed E-state index contributed by atoms with van der Waals surface area (Å²) < 4.78 is 5.86. The number of aliphatic hydroxyl groups excluding tert-OH is 2. The van der Waals surface area contributed by atoms with Crippen molar-refractivity contribution >= 4 is 6.03 Å². The van der Waals surface area contributed by atoms with Gasteiger partial charge in [-0.15, -0.1) is 0 Å². The second-order valence-electron chi connectivity index (χ2n) is 4.74. The van der Waals surface area contributed by atoms with Gasteiger partial charge in [0.2, 0.25) is 0 Å². The van der Waals surface area contributed by atoms with Crippen molar-refractivity contribution in [1.82, 2.24) is 5.32 Å². The van der Waals surface area contributed by atoms with Crippen molar-refractivity contribution in [2.75, 3.05) is 52.5 Å². The average Bonchev–Trinajstić information content (AvgIpc) is 3.09. The minimum Gasteiger partial charge on any atom is -1.00 e. The Kier molecular flexibility index (Phi) is 9.03. The highest BCUT2D eigenvalue weighted by Crippen LogP contribution is 2.18. The molecule has 1 unspecified atom stereocenters. The van der Waals surface area contributed by atoms with Crippen molar-refractivity contribution < 1.29 is 36.6 Å². The Morgan fingerprint density at radius 3 is 2.32 bits per heavy atom. The molecule has 1 fully saturated rings. The zero-order valence-electron chi connectivity index (χ0n) is 11.1. The first-order valence-corrected chi connectivity index (χ1v) is 6.33. The van der Waals surface area contributed by atoms with Gasteiger partial charge in [-0.05, 0) is 0 Å². The van der Waals surface area contributed by atoms with Gasteiger partial charge in [-0.25, -0.2) is 4.79 Å². The number of urea groups is 1. The predicted molar refractivity (Wildman–Crippen MR) is 65.8 cm³/mol. The number of aliphatic hydroxyl groups is 2. The fourth-order valence-electron chi connectivity index (χ4n) is 2.27. The summed E-state index contributed by atoms with van der Waals surface area (Å²) in [5, 5.41) is 20.9. The number of carbonyl (C=O) groups is 1. The number of nitrogens with one attached hydrogen (secondary N) is 1. The highest BCUT2D eigenvalue weighted by Gasteiger charge is 2.36. The number of hydrogen-bond acceptors (Lipinski definition) is 4. The summed E-state index contributed by atoms with van der Waals surface area (Å²) in [6.45, 7) is 4.20. The van der Waals surface area contributed by atoms with Gasteiger partial charge in [-0.2, -0.15) is 0 Å². The summed E-state index contributed by atoms with van der Waals surface area (Å²) in [7, 11) is 0. The quantitative estimate of drug-likeness (QED) is 0.184. The number of rotatable bonds is 10. The van der Waals surface area contributed by atoms with Crippen molar-refractivity contribution in [3.05, 3.63) is 0 Å². The molecular formula is C11H24ClN3O4. The Morgan fingerprint density at radius 1 is 1.32 bits per heavy atom. The lowest BCUT2D eigenvalue weighted by Crippen LogP contribution is -3.00. The molecule has 5 N–H and O–H groups in total. The lowest BCUT2D eigenvalue weighted by Gasteiger charge is -2.37. The number of quaternary nitrogens is 1. The normalized spacial score (nSPS) is 17.7. The molecule has 0 aromatic rings. The number of epoxide rings is 1. The smallest absolute Gasteiger partial charge is 0.312 e. The maximum Gasteiger partial charge on any atom is 0.312 e. The first-order chi connectivity index (χ1) is 8.62. The molecule has 0 bridgehead atoms. The monoisotopic (exact) mass is 297 g/mol. The minimum absolute atomic E-state index is 0. The molecule has 1 heterocycles. The lowest BCUT2D eigenvalue weighted by atomic mass is 10.2. The van der Waals surface area contributed by atoms with E-state index in [-0.39, 0.29) is 31.7 Å². The van der Waals surface area contributed by atoms with E-state index in [1.807, 2.05) is 0 Å². The van der Waals surface area contributed by atoms with Crippen LogP contribution >= 0.6 is 0 Å². The fourth-order valence-corrected chi connectivity index (χ4v) is 2.27. The average molecular weight is 298 g/mol. The van der Waals surface area contributed by atoms with Crippen LogP contribution in [0.3, 0.4) is 0 Å². The summed E-state index contributed by atoms with van der Waals surface area (Å²) in [6, 6.07) is -0.525. The van der Waals surface area contributed by atoms with Crippen LogP contribution in [0.25, 0.3) is 0 Å². The first kappa shape index (κ1) is 18.4. The number of amides is 2. The lowest BCUT2D eigenvalue weighted by molar-refractivity contribution is -0.929. The number of primary amides is 1. The van der Waals surface area contributed by atoms with Crippen LogP contribution in [0.2, 0.25) is 0 Å². The van der Waals surface area contributed by atoms with E-state index in [2.05, 4.69) is 5.32 Å². The van der Waals surface area contributed by atoms with E-state index < -0.39 is 6.03 Å². The maximum absolute atomic E-state index is 10.6. The summed E-state index contributed by atoms with van der Waals surface area (Å²) in [5.74, 6) is 0. The Hall–Kier alpha value is -0.600. The van der Waals surface area contributed by atoms with E-state index in [9.17, 15) is 15.0 Å². The van der Waals surface area contributed by atoms with Crippen LogP contribution in [-0.4, -0.2) is 79.4 Å². The second-order valence-corrected chi connectivity index (χ2v) is 4.74. The van der Waals surface area contributed by atoms with Gasteiger partial charge in [0.25, 0.3) is 0 Å². The van der Waals surface area contributed by atoms with E-state index in [1.165, 1.54) is 0 Å². The molecule has 114 valence electrons. The SMILES string of the molecule is NC(=O)NCCC[N+](CCO)(CCO)CC1CO1.[Cl-]. The molecule has 0 spiro atoms. The van der Waals surface area contributed by atoms with Gasteiger partial charge in [0.1, 0.15) is 25.7 Å². The second kappa shape index (κ2) is 9.33. The van der Waals surface area contributed by atoms with E-state index >= 15 is 0 Å². The van der Waals surface area contributed by atoms with Crippen LogP contribution in [0.4, 0.5) is 4.79 Å². The van der Waals surface area contributed by atoms with Crippen LogP contribution < -0.4 is 23.5 Å². The van der Waals surface area contributed by atoms with Gasteiger partial charge in [0, 0.05) is 13.0 Å². The van der Waals surface area contributed by atoms with Crippen LogP contribution in [-0.2, 0) is 4.74 Å². The van der Waals surface area contributed by atoms with Gasteiger partial charge in [-0.1, -0.05) is 0 Å². The van der Waals surface area contributed by atoms with Crippen LogP contribution in [0.1, 0.15) is 6.42 Å². The third kappa shape index (κ3) is 7.54. The van der Waals surface area contributed by atoms with Gasteiger partial charge < -0.3 is 42.9 Å². The van der Waals surface area contributed by atoms with Gasteiger partial charge in [-0.3, -0.25) is 0 Å². The van der Waals surface area contributed by atoms with Crippen molar-refractivity contribution in [3.8, 4) is 0 Å². The molecule has 1 atom stereocenters. The van der Waals surface area contributed by atoms with Crippen molar-refractivity contribution in [2.24, 2.45) is 5.73 Å². The van der Waals surface area contributed by atoms with Crippen molar-refractivity contribution in [3.63, 3.8) is 0 Å². The van der Waals surface area contributed by atoms with E-state index in [1.54, 1.807) is 0 Å². The zero-order valence-corrected chi connectivity index (χ0v) is 11.8. The highest BCUT2D eigenvalue weighted by atomic mass is 35.5. The first-order valence-electron chi connectivity index (χ1n) is 6.33. The molecular weight excluding hydrogens is 274 g/mol.